The smallest absolute Gasteiger partial charge is 0.411 e. The third-order valence-electron chi connectivity index (χ3n) is 3.53. The van der Waals surface area contributed by atoms with Gasteiger partial charge in [-0.05, 0) is 54.7 Å². The molecule has 0 unspecified atom stereocenters. The van der Waals surface area contributed by atoms with E-state index in [1.54, 1.807) is 6.41 Å². The van der Waals surface area contributed by atoms with Crippen LogP contribution < -0.4 is 10.6 Å². The van der Waals surface area contributed by atoms with Crippen LogP contribution in [0.25, 0.3) is 0 Å². The molecule has 0 atom stereocenters. The number of benzene rings is 2. The van der Waals surface area contributed by atoms with Crippen LogP contribution in [0.1, 0.15) is 24.0 Å². The van der Waals surface area contributed by atoms with E-state index >= 15 is 0 Å². The molecule has 6 nitrogen and oxygen atoms in total. The molecule has 0 bridgehead atoms. The zero-order valence-corrected chi connectivity index (χ0v) is 13.8. The predicted molar refractivity (Wildman–Crippen MR) is 94.8 cm³/mol. The quantitative estimate of drug-likeness (QED) is 0.541. The maximum absolute atomic E-state index is 11.6. The molecule has 0 aliphatic heterocycles. The number of nitrogens with one attached hydrogen (secondary N) is 2. The highest BCUT2D eigenvalue weighted by atomic mass is 16.5. The Labute approximate surface area is 146 Å². The number of amides is 2. The Morgan fingerprint density at radius 2 is 1.52 bits per heavy atom. The number of carbonyl (C=O) groups excluding carboxylic acids is 2. The third kappa shape index (κ3) is 6.64. The lowest BCUT2D eigenvalue weighted by atomic mass is 10.0. The molecule has 0 saturated carbocycles. The van der Waals surface area contributed by atoms with Gasteiger partial charge in [-0.15, -0.1) is 0 Å². The van der Waals surface area contributed by atoms with E-state index in [0.717, 1.165) is 17.5 Å². The number of hydrogen-bond donors (Lipinski definition) is 2. The van der Waals surface area contributed by atoms with Crippen molar-refractivity contribution in [1.29, 1.82) is 0 Å². The van der Waals surface area contributed by atoms with Gasteiger partial charge in [0.25, 0.3) is 0 Å². The van der Waals surface area contributed by atoms with E-state index in [1.807, 2.05) is 48.5 Å². The molecule has 2 aromatic rings. The summed E-state index contributed by atoms with van der Waals surface area (Å²) in [5, 5.41) is 15.4. The summed E-state index contributed by atoms with van der Waals surface area (Å²) in [5.74, 6) is 0. The molecule has 0 aliphatic carbocycles. The summed E-state index contributed by atoms with van der Waals surface area (Å²) in [6.07, 6.45) is 2.94. The van der Waals surface area contributed by atoms with Gasteiger partial charge < -0.3 is 10.1 Å². The van der Waals surface area contributed by atoms with Crippen LogP contribution in [-0.4, -0.2) is 25.7 Å². The monoisotopic (exact) mass is 340 g/mol. The zero-order valence-electron chi connectivity index (χ0n) is 13.8. The summed E-state index contributed by atoms with van der Waals surface area (Å²) in [6, 6.07) is 15.0. The molecule has 0 saturated heterocycles. The van der Waals surface area contributed by atoms with Gasteiger partial charge >= 0.3 is 12.5 Å². The highest BCUT2D eigenvalue weighted by molar-refractivity contribution is 5.84. The molecule has 2 N–H and O–H groups in total. The minimum Gasteiger partial charge on any atom is -0.449 e. The summed E-state index contributed by atoms with van der Waals surface area (Å²) in [6.45, 7) is 0.0973. The van der Waals surface area contributed by atoms with E-state index in [2.05, 4.69) is 10.6 Å². The standard InChI is InChI=1S/C19H20N2O4/c22-11-1-2-12-25-19(24)21-18-9-5-16(6-10-18)13-15-3-7-17(8-4-15)20-14-23/h3-10H,1-2,11-13H2,(H,20,23)(H,21,24). The van der Waals surface area contributed by atoms with E-state index in [0.29, 0.717) is 24.2 Å². The first-order chi connectivity index (χ1) is 12.2. The van der Waals surface area contributed by atoms with Crippen molar-refractivity contribution < 1.29 is 19.4 Å². The van der Waals surface area contributed by atoms with Crippen molar-refractivity contribution in [2.24, 2.45) is 0 Å². The van der Waals surface area contributed by atoms with E-state index in [-0.39, 0.29) is 13.2 Å². The molecular weight excluding hydrogens is 320 g/mol. The minimum atomic E-state index is -0.520. The topological polar surface area (TPSA) is 87.3 Å². The highest BCUT2D eigenvalue weighted by Crippen LogP contribution is 2.16. The Hall–Kier alpha value is -2.86. The first-order valence-electron chi connectivity index (χ1n) is 8.04. The molecule has 25 heavy (non-hydrogen) atoms. The van der Waals surface area contributed by atoms with Crippen molar-refractivity contribution in [3.8, 4) is 0 Å². The molecule has 2 amide bonds. The molecule has 0 spiro atoms. The number of anilines is 2. The summed E-state index contributed by atoms with van der Waals surface area (Å²) in [7, 11) is 0. The first kappa shape index (κ1) is 18.5. The van der Waals surface area contributed by atoms with Gasteiger partial charge in [-0.1, -0.05) is 24.3 Å². The van der Waals surface area contributed by atoms with E-state index in [4.69, 9.17) is 4.74 Å². The lowest BCUT2D eigenvalue weighted by Crippen LogP contribution is -2.14. The highest BCUT2D eigenvalue weighted by Gasteiger charge is 2.03. The average Bonchev–Trinajstić information content (AvgIpc) is 2.62. The van der Waals surface area contributed by atoms with Gasteiger partial charge in [0, 0.05) is 11.4 Å². The second kappa shape index (κ2) is 10.1. The second-order valence-corrected chi connectivity index (χ2v) is 5.47. The van der Waals surface area contributed by atoms with Crippen molar-refractivity contribution in [2.75, 3.05) is 23.8 Å². The Bertz CT molecular complexity index is 669. The molecule has 0 aliphatic rings. The van der Waals surface area contributed by atoms with Crippen LogP contribution in [0.3, 0.4) is 0 Å². The van der Waals surface area contributed by atoms with Crippen LogP contribution in [0.4, 0.5) is 16.2 Å². The van der Waals surface area contributed by atoms with Gasteiger partial charge in [0.15, 0.2) is 0 Å². The van der Waals surface area contributed by atoms with Gasteiger partial charge in [0.05, 0.1) is 13.2 Å². The van der Waals surface area contributed by atoms with E-state index < -0.39 is 6.09 Å². The van der Waals surface area contributed by atoms with Gasteiger partial charge in [0.1, 0.15) is 0 Å². The number of unbranched alkanes of at least 4 members (excludes halogenated alkanes) is 1. The minimum absolute atomic E-state index is 0.152. The molecule has 2 aromatic carbocycles. The molecule has 2 rings (SSSR count). The van der Waals surface area contributed by atoms with Crippen molar-refractivity contribution in [3.05, 3.63) is 59.7 Å². The molecular formula is C19H20N2O4. The summed E-state index contributed by atoms with van der Waals surface area (Å²) in [4.78, 5) is 21.9. The SMILES string of the molecule is [O]CCCCOC(=O)Nc1ccc(Cc2ccc(N[C]=O)cc2)cc1. The van der Waals surface area contributed by atoms with E-state index in [9.17, 15) is 14.7 Å². The molecule has 2 radical (unpaired) electrons. The fraction of sp³-hybridized carbons (Fsp3) is 0.263. The number of hydrogen-bond acceptors (Lipinski definition) is 3. The predicted octanol–water partition coefficient (Wildman–Crippen LogP) is 3.52. The number of ether oxygens (including phenoxy) is 1. The van der Waals surface area contributed by atoms with Crippen LogP contribution in [0.15, 0.2) is 48.5 Å². The fourth-order valence-electron chi connectivity index (χ4n) is 2.23. The van der Waals surface area contributed by atoms with Crippen LogP contribution in [0.2, 0.25) is 0 Å². The van der Waals surface area contributed by atoms with Crippen molar-refractivity contribution in [2.45, 2.75) is 19.3 Å². The Balaban J connectivity index is 1.82. The van der Waals surface area contributed by atoms with Crippen LogP contribution in [0, 0.1) is 0 Å². The zero-order chi connectivity index (χ0) is 17.9. The Kier molecular flexibility index (Phi) is 7.46. The van der Waals surface area contributed by atoms with Crippen LogP contribution in [-0.2, 0) is 21.1 Å². The Morgan fingerprint density at radius 1 is 0.920 bits per heavy atom. The van der Waals surface area contributed by atoms with E-state index in [1.165, 1.54) is 0 Å². The van der Waals surface area contributed by atoms with Crippen LogP contribution >= 0.6 is 0 Å². The molecule has 130 valence electrons. The molecule has 6 heteroatoms. The van der Waals surface area contributed by atoms with Gasteiger partial charge in [-0.2, -0.15) is 0 Å². The lowest BCUT2D eigenvalue weighted by Gasteiger charge is -2.08. The summed E-state index contributed by atoms with van der Waals surface area (Å²) in [5.41, 5.74) is 3.55. The van der Waals surface area contributed by atoms with Crippen molar-refractivity contribution >= 4 is 23.9 Å². The Morgan fingerprint density at radius 3 is 2.08 bits per heavy atom. The second-order valence-electron chi connectivity index (χ2n) is 5.47. The normalized spacial score (nSPS) is 10.1. The number of carbonyl (C=O) groups is 1. The molecule has 0 aromatic heterocycles. The summed E-state index contributed by atoms with van der Waals surface area (Å²) >= 11 is 0. The average molecular weight is 340 g/mol. The summed E-state index contributed by atoms with van der Waals surface area (Å²) < 4.78 is 4.98. The maximum Gasteiger partial charge on any atom is 0.411 e. The lowest BCUT2D eigenvalue weighted by molar-refractivity contribution is 0.145. The molecule has 0 heterocycles. The molecule has 0 fully saturated rings. The van der Waals surface area contributed by atoms with Gasteiger partial charge in [-0.3, -0.25) is 10.1 Å². The third-order valence-corrected chi connectivity index (χ3v) is 3.53. The van der Waals surface area contributed by atoms with Crippen molar-refractivity contribution in [3.63, 3.8) is 0 Å². The van der Waals surface area contributed by atoms with Crippen LogP contribution in [0.5, 0.6) is 0 Å². The largest absolute Gasteiger partial charge is 0.449 e. The van der Waals surface area contributed by atoms with Gasteiger partial charge in [-0.25, -0.2) is 9.90 Å². The van der Waals surface area contributed by atoms with Gasteiger partial charge in [0.2, 0.25) is 0 Å². The maximum atomic E-state index is 11.6. The number of rotatable bonds is 9. The fourth-order valence-corrected chi connectivity index (χ4v) is 2.23. The first-order valence-corrected chi connectivity index (χ1v) is 8.04. The van der Waals surface area contributed by atoms with Crippen molar-refractivity contribution in [1.82, 2.24) is 0 Å².